The van der Waals surface area contributed by atoms with Crippen molar-refractivity contribution in [2.75, 3.05) is 0 Å². The molecule has 0 aromatic heterocycles. The van der Waals surface area contributed by atoms with Gasteiger partial charge in [-0.15, -0.1) is 0 Å². The van der Waals surface area contributed by atoms with Crippen LogP contribution in [0, 0.1) is 10.8 Å². The van der Waals surface area contributed by atoms with Gasteiger partial charge in [0.05, 0.1) is 11.1 Å². The van der Waals surface area contributed by atoms with E-state index in [9.17, 15) is 9.59 Å². The van der Waals surface area contributed by atoms with Gasteiger partial charge in [0.2, 0.25) is 0 Å². The van der Waals surface area contributed by atoms with Crippen molar-refractivity contribution in [3.8, 4) is 0 Å². The maximum atomic E-state index is 12.2. The number of benzene rings is 1. The predicted octanol–water partition coefficient (Wildman–Crippen LogP) is 0.969. The highest BCUT2D eigenvalue weighted by atomic mass is 32.2. The highest BCUT2D eigenvalue weighted by Gasteiger charge is 2.19. The van der Waals surface area contributed by atoms with Gasteiger partial charge in [-0.2, -0.15) is 0 Å². The number of amides is 2. The van der Waals surface area contributed by atoms with Crippen molar-refractivity contribution in [3.63, 3.8) is 0 Å². The van der Waals surface area contributed by atoms with Gasteiger partial charge in [0.1, 0.15) is 8.64 Å². The molecule has 8 N–H and O–H groups in total. The molecule has 12 heteroatoms. The van der Waals surface area contributed by atoms with E-state index in [1.807, 2.05) is 0 Å². The lowest BCUT2D eigenvalue weighted by molar-refractivity contribution is 0.0945. The van der Waals surface area contributed by atoms with Crippen molar-refractivity contribution < 1.29 is 9.59 Å². The summed E-state index contributed by atoms with van der Waals surface area (Å²) in [5.41, 5.74) is 10.5. The van der Waals surface area contributed by atoms with E-state index < -0.39 is 11.8 Å². The van der Waals surface area contributed by atoms with Crippen LogP contribution in [0.4, 0.5) is 0 Å². The first-order valence-electron chi connectivity index (χ1n) is 6.04. The Morgan fingerprint density at radius 1 is 0.875 bits per heavy atom. The quantitative estimate of drug-likeness (QED) is 0.243. The monoisotopic (exact) mass is 400 g/mol. The third-order valence-electron chi connectivity index (χ3n) is 2.25. The third-order valence-corrected chi connectivity index (χ3v) is 3.97. The van der Waals surface area contributed by atoms with Crippen LogP contribution in [0.3, 0.4) is 0 Å². The zero-order valence-electron chi connectivity index (χ0n) is 11.9. The lowest BCUT2D eigenvalue weighted by Gasteiger charge is -2.10. The van der Waals surface area contributed by atoms with Gasteiger partial charge in [-0.25, -0.2) is 0 Å². The first-order valence-corrected chi connectivity index (χ1v) is 8.49. The standard InChI is InChI=1S/C12H12N6O2S4/c13-9(14)23-11(21)17-7(19)5-3-1-2-4-6(5)8(20)18-12(22)24-10(15)16/h1-4H,(H3,13,14)(H3,15,16)(H,17,19,21)(H,18,20,22). The van der Waals surface area contributed by atoms with Gasteiger partial charge in [-0.05, 0) is 35.7 Å². The summed E-state index contributed by atoms with van der Waals surface area (Å²) in [6.45, 7) is 0. The van der Waals surface area contributed by atoms with Gasteiger partial charge in [0, 0.05) is 0 Å². The summed E-state index contributed by atoms with van der Waals surface area (Å²) < 4.78 is -0.0178. The van der Waals surface area contributed by atoms with E-state index in [0.29, 0.717) is 23.5 Å². The Balaban J connectivity index is 2.91. The molecular weight excluding hydrogens is 388 g/mol. The van der Waals surface area contributed by atoms with Gasteiger partial charge >= 0.3 is 0 Å². The molecule has 0 spiro atoms. The fourth-order valence-corrected chi connectivity index (χ4v) is 2.86. The van der Waals surface area contributed by atoms with Gasteiger partial charge in [0.15, 0.2) is 10.3 Å². The Bertz CT molecular complexity index is 675. The summed E-state index contributed by atoms with van der Waals surface area (Å²) in [4.78, 5) is 24.5. The second-order valence-corrected chi connectivity index (χ2v) is 7.40. The molecule has 0 aliphatic rings. The minimum absolute atomic E-state index is 0.00892. The van der Waals surface area contributed by atoms with Crippen LogP contribution < -0.4 is 22.1 Å². The Labute approximate surface area is 156 Å². The summed E-state index contributed by atoms with van der Waals surface area (Å²) in [5.74, 6) is -1.24. The first-order chi connectivity index (χ1) is 11.2. The molecule has 0 heterocycles. The zero-order chi connectivity index (χ0) is 18.3. The lowest BCUT2D eigenvalue weighted by atomic mass is 10.1. The van der Waals surface area contributed by atoms with Gasteiger partial charge in [-0.1, -0.05) is 36.6 Å². The van der Waals surface area contributed by atoms with Gasteiger partial charge < -0.3 is 22.1 Å². The summed E-state index contributed by atoms with van der Waals surface area (Å²) in [6, 6.07) is 6.03. The maximum absolute atomic E-state index is 12.2. The molecule has 0 saturated carbocycles. The average molecular weight is 401 g/mol. The molecule has 1 rings (SSSR count). The highest BCUT2D eigenvalue weighted by Crippen LogP contribution is 2.11. The minimum Gasteiger partial charge on any atom is -0.378 e. The van der Waals surface area contributed by atoms with Crippen molar-refractivity contribution in [3.05, 3.63) is 35.4 Å². The van der Waals surface area contributed by atoms with Crippen molar-refractivity contribution in [1.82, 2.24) is 10.6 Å². The van der Waals surface area contributed by atoms with Gasteiger partial charge in [-0.3, -0.25) is 20.4 Å². The van der Waals surface area contributed by atoms with Crippen molar-refractivity contribution >= 4 is 78.8 Å². The number of carbonyl (C=O) groups excluding carboxylic acids is 2. The predicted molar refractivity (Wildman–Crippen MR) is 106 cm³/mol. The van der Waals surface area contributed by atoms with Crippen LogP contribution in [0.25, 0.3) is 0 Å². The minimum atomic E-state index is -0.621. The molecule has 0 unspecified atom stereocenters. The molecule has 2 amide bonds. The van der Waals surface area contributed by atoms with E-state index in [4.69, 9.17) is 46.7 Å². The van der Waals surface area contributed by atoms with Crippen LogP contribution in [-0.4, -0.2) is 30.8 Å². The van der Waals surface area contributed by atoms with Crippen LogP contribution in [-0.2, 0) is 0 Å². The molecule has 24 heavy (non-hydrogen) atoms. The number of thiocarbonyl (C=S) groups is 2. The van der Waals surface area contributed by atoms with Crippen molar-refractivity contribution in [2.45, 2.75) is 0 Å². The van der Waals surface area contributed by atoms with Crippen LogP contribution >= 0.6 is 48.0 Å². The van der Waals surface area contributed by atoms with E-state index in [2.05, 4.69) is 10.6 Å². The summed E-state index contributed by atoms with van der Waals surface area (Å²) in [6.07, 6.45) is 0. The fraction of sp³-hybridized carbons (Fsp3) is 0. The second-order valence-electron chi connectivity index (χ2n) is 3.96. The Kier molecular flexibility index (Phi) is 7.78. The number of hydrogen-bond acceptors (Lipinski definition) is 8. The first kappa shape index (κ1) is 20.0. The van der Waals surface area contributed by atoms with E-state index in [0.717, 1.165) is 0 Å². The topological polar surface area (TPSA) is 158 Å². The number of thioether (sulfide) groups is 2. The summed E-state index contributed by atoms with van der Waals surface area (Å²) in [5, 5.41) is 18.4. The molecular formula is C12H12N6O2S4. The molecule has 0 bridgehead atoms. The average Bonchev–Trinajstić information content (AvgIpc) is 2.45. The second kappa shape index (κ2) is 9.32. The molecule has 126 valence electrons. The van der Waals surface area contributed by atoms with E-state index in [-0.39, 0.29) is 30.1 Å². The van der Waals surface area contributed by atoms with E-state index >= 15 is 0 Å². The molecule has 0 atom stereocenters. The fourth-order valence-electron chi connectivity index (χ4n) is 1.45. The number of rotatable bonds is 2. The number of amidine groups is 2. The number of hydrogen-bond donors (Lipinski definition) is 6. The maximum Gasteiger partial charge on any atom is 0.257 e. The lowest BCUT2D eigenvalue weighted by Crippen LogP contribution is -2.33. The van der Waals surface area contributed by atoms with Crippen molar-refractivity contribution in [1.29, 1.82) is 10.8 Å². The highest BCUT2D eigenvalue weighted by molar-refractivity contribution is 8.33. The molecule has 8 nitrogen and oxygen atoms in total. The number of carbonyl (C=O) groups is 2. The van der Waals surface area contributed by atoms with Crippen LogP contribution in [0.1, 0.15) is 20.7 Å². The third kappa shape index (κ3) is 6.62. The molecule has 0 aliphatic carbocycles. The summed E-state index contributed by atoms with van der Waals surface area (Å²) >= 11 is 11.2. The molecule has 0 fully saturated rings. The van der Waals surface area contributed by atoms with Crippen LogP contribution in [0.5, 0.6) is 0 Å². The Hall–Kier alpha value is -2.02. The number of nitrogens with one attached hydrogen (secondary N) is 4. The smallest absolute Gasteiger partial charge is 0.257 e. The Morgan fingerprint density at radius 3 is 1.50 bits per heavy atom. The van der Waals surface area contributed by atoms with E-state index in [1.54, 1.807) is 12.1 Å². The van der Waals surface area contributed by atoms with Crippen molar-refractivity contribution in [2.24, 2.45) is 11.5 Å². The Morgan fingerprint density at radius 2 is 1.21 bits per heavy atom. The zero-order valence-corrected chi connectivity index (χ0v) is 15.2. The van der Waals surface area contributed by atoms with E-state index in [1.165, 1.54) is 12.1 Å². The van der Waals surface area contributed by atoms with Crippen LogP contribution in [0.15, 0.2) is 24.3 Å². The van der Waals surface area contributed by atoms with Gasteiger partial charge in [0.25, 0.3) is 11.8 Å². The largest absolute Gasteiger partial charge is 0.378 e. The SMILES string of the molecule is N=C(N)SC(=S)NC(=O)c1ccccc1C(=O)NC(=S)SC(=N)N. The number of nitrogens with two attached hydrogens (primary N) is 2. The molecule has 0 aliphatic heterocycles. The molecule has 0 saturated heterocycles. The molecule has 1 aromatic carbocycles. The summed E-state index contributed by atoms with van der Waals surface area (Å²) in [7, 11) is 0. The van der Waals surface area contributed by atoms with Crippen LogP contribution in [0.2, 0.25) is 0 Å². The molecule has 1 aromatic rings. The normalized spacial score (nSPS) is 9.67. The molecule has 0 radical (unpaired) electrons.